The van der Waals surface area contributed by atoms with Gasteiger partial charge in [-0.15, -0.1) is 0 Å². The molecule has 0 unspecified atom stereocenters. The van der Waals surface area contributed by atoms with Crippen LogP contribution >= 0.6 is 0 Å². The van der Waals surface area contributed by atoms with Crippen molar-refractivity contribution in [3.05, 3.63) is 77.6 Å². The van der Waals surface area contributed by atoms with Crippen molar-refractivity contribution in [2.24, 2.45) is 7.05 Å². The molecule has 0 aliphatic rings. The van der Waals surface area contributed by atoms with Crippen LogP contribution in [0.25, 0.3) is 11.0 Å². The predicted molar refractivity (Wildman–Crippen MR) is 124 cm³/mol. The predicted octanol–water partition coefficient (Wildman–Crippen LogP) is 3.66. The van der Waals surface area contributed by atoms with E-state index in [0.29, 0.717) is 17.0 Å². The highest BCUT2D eigenvalue weighted by molar-refractivity contribution is 7.92. The number of carbonyl (C=O) groups excluding carboxylic acids is 1. The number of aromatic nitrogens is 3. The van der Waals surface area contributed by atoms with E-state index in [0.717, 1.165) is 16.6 Å². The first-order valence-electron chi connectivity index (χ1n) is 9.93. The first kappa shape index (κ1) is 21.5. The molecular formula is C23H23N5O3S. The molecule has 1 amide bonds. The number of nitrogens with zero attached hydrogens (tertiary/aromatic N) is 4. The van der Waals surface area contributed by atoms with E-state index in [1.54, 1.807) is 48.3 Å². The van der Waals surface area contributed by atoms with E-state index in [1.165, 1.54) is 23.5 Å². The number of nitrogens with one attached hydrogen (secondary N) is 1. The molecule has 9 heteroatoms. The molecule has 0 atom stereocenters. The minimum absolute atomic E-state index is 0.0323. The Morgan fingerprint density at radius 1 is 1.06 bits per heavy atom. The van der Waals surface area contributed by atoms with Crippen LogP contribution in [0.15, 0.2) is 65.7 Å². The lowest BCUT2D eigenvalue weighted by Crippen LogP contribution is -2.26. The van der Waals surface area contributed by atoms with Crippen molar-refractivity contribution in [3.63, 3.8) is 0 Å². The number of hydrogen-bond donors (Lipinski definition) is 1. The van der Waals surface area contributed by atoms with Crippen LogP contribution in [0.3, 0.4) is 0 Å². The molecule has 0 spiro atoms. The lowest BCUT2D eigenvalue weighted by molar-refractivity contribution is 0.102. The highest BCUT2D eigenvalue weighted by Gasteiger charge is 2.22. The number of benzene rings is 2. The molecule has 0 bridgehead atoms. The van der Waals surface area contributed by atoms with Gasteiger partial charge in [-0.05, 0) is 50.2 Å². The number of carbonyl (C=O) groups is 1. The molecule has 0 saturated carbocycles. The quantitative estimate of drug-likeness (QED) is 0.501. The number of aryl methyl sites for hydroxylation is 3. The number of sulfonamides is 1. The van der Waals surface area contributed by atoms with Gasteiger partial charge < -0.3 is 5.32 Å². The summed E-state index contributed by atoms with van der Waals surface area (Å²) < 4.78 is 29.1. The smallest absolute Gasteiger partial charge is 0.264 e. The minimum Gasteiger partial charge on any atom is -0.321 e. The largest absolute Gasteiger partial charge is 0.321 e. The zero-order valence-electron chi connectivity index (χ0n) is 18.2. The first-order chi connectivity index (χ1) is 15.2. The van der Waals surface area contributed by atoms with Gasteiger partial charge in [0.25, 0.3) is 15.9 Å². The van der Waals surface area contributed by atoms with Crippen molar-refractivity contribution in [2.75, 3.05) is 16.7 Å². The fourth-order valence-electron chi connectivity index (χ4n) is 3.43. The molecule has 0 aliphatic heterocycles. The molecular weight excluding hydrogens is 426 g/mol. The second-order valence-corrected chi connectivity index (χ2v) is 9.56. The van der Waals surface area contributed by atoms with E-state index >= 15 is 0 Å². The normalized spacial score (nSPS) is 11.5. The number of rotatable bonds is 5. The van der Waals surface area contributed by atoms with Crippen LogP contribution in [0.5, 0.6) is 0 Å². The van der Waals surface area contributed by atoms with Gasteiger partial charge in [0.2, 0.25) is 0 Å². The number of anilines is 2. The lowest BCUT2D eigenvalue weighted by atomic mass is 10.2. The summed E-state index contributed by atoms with van der Waals surface area (Å²) in [6.45, 7) is 3.80. The van der Waals surface area contributed by atoms with Crippen LogP contribution in [0.1, 0.15) is 21.6 Å². The van der Waals surface area contributed by atoms with Crippen molar-refractivity contribution < 1.29 is 13.2 Å². The number of hydrogen-bond acceptors (Lipinski definition) is 5. The van der Waals surface area contributed by atoms with Gasteiger partial charge in [0.1, 0.15) is 0 Å². The van der Waals surface area contributed by atoms with E-state index < -0.39 is 15.9 Å². The SMILES string of the molecule is Cc1ccc(N(C)S(=O)(=O)c2cccc(C(=O)Nc3cnc4c(c3)c(C)nn4C)c2)cc1. The Labute approximate surface area is 186 Å². The van der Waals surface area contributed by atoms with Crippen molar-refractivity contribution in [2.45, 2.75) is 18.7 Å². The molecule has 0 aliphatic carbocycles. The number of pyridine rings is 1. The molecule has 2 heterocycles. The fraction of sp³-hybridized carbons (Fsp3) is 0.174. The summed E-state index contributed by atoms with van der Waals surface area (Å²) in [6, 6.07) is 15.0. The molecule has 4 rings (SSSR count). The maximum atomic E-state index is 13.1. The molecule has 2 aromatic heterocycles. The van der Waals surface area contributed by atoms with Gasteiger partial charge in [-0.1, -0.05) is 23.8 Å². The average Bonchev–Trinajstić information content (AvgIpc) is 3.06. The first-order valence-corrected chi connectivity index (χ1v) is 11.4. The second kappa shape index (κ2) is 8.08. The van der Waals surface area contributed by atoms with Gasteiger partial charge in [0.15, 0.2) is 5.65 Å². The highest BCUT2D eigenvalue weighted by Crippen LogP contribution is 2.24. The van der Waals surface area contributed by atoms with Crippen LogP contribution < -0.4 is 9.62 Å². The molecule has 0 radical (unpaired) electrons. The molecule has 1 N–H and O–H groups in total. The standard InChI is InChI=1S/C23H23N5O3S/c1-15-8-10-19(11-9-15)28(4)32(30,31)20-7-5-6-17(12-20)23(29)25-18-13-21-16(2)26-27(3)22(21)24-14-18/h5-14H,1-4H3,(H,25,29). The van der Waals surface area contributed by atoms with Crippen LogP contribution in [-0.2, 0) is 17.1 Å². The third kappa shape index (κ3) is 3.94. The molecule has 164 valence electrons. The van der Waals surface area contributed by atoms with Gasteiger partial charge in [0.05, 0.1) is 28.2 Å². The summed E-state index contributed by atoms with van der Waals surface area (Å²) in [5, 5.41) is 7.94. The van der Waals surface area contributed by atoms with E-state index in [2.05, 4.69) is 15.4 Å². The summed E-state index contributed by atoms with van der Waals surface area (Å²) in [4.78, 5) is 17.2. The van der Waals surface area contributed by atoms with Gasteiger partial charge >= 0.3 is 0 Å². The zero-order valence-corrected chi connectivity index (χ0v) is 19.0. The summed E-state index contributed by atoms with van der Waals surface area (Å²) >= 11 is 0. The van der Waals surface area contributed by atoms with E-state index in [1.807, 2.05) is 26.0 Å². The third-order valence-electron chi connectivity index (χ3n) is 5.27. The molecule has 4 aromatic rings. The Morgan fingerprint density at radius 2 is 1.78 bits per heavy atom. The Morgan fingerprint density at radius 3 is 2.50 bits per heavy atom. The summed E-state index contributed by atoms with van der Waals surface area (Å²) in [7, 11) is -0.540. The van der Waals surface area contributed by atoms with Crippen LogP contribution in [-0.4, -0.2) is 36.1 Å². The van der Waals surface area contributed by atoms with Crippen molar-refractivity contribution in [1.29, 1.82) is 0 Å². The summed E-state index contributed by atoms with van der Waals surface area (Å²) in [5.74, 6) is -0.428. The molecule has 8 nitrogen and oxygen atoms in total. The Kier molecular flexibility index (Phi) is 5.43. The summed E-state index contributed by atoms with van der Waals surface area (Å²) in [6.07, 6.45) is 1.55. The zero-order chi connectivity index (χ0) is 23.0. The van der Waals surface area contributed by atoms with Crippen molar-refractivity contribution >= 4 is 38.3 Å². The van der Waals surface area contributed by atoms with Crippen LogP contribution in [0.2, 0.25) is 0 Å². The summed E-state index contributed by atoms with van der Waals surface area (Å²) in [5.41, 5.74) is 3.82. The van der Waals surface area contributed by atoms with Gasteiger partial charge in [0, 0.05) is 25.0 Å². The number of amides is 1. The van der Waals surface area contributed by atoms with E-state index in [-0.39, 0.29) is 10.5 Å². The maximum absolute atomic E-state index is 13.1. The molecule has 0 saturated heterocycles. The third-order valence-corrected chi connectivity index (χ3v) is 7.05. The monoisotopic (exact) mass is 449 g/mol. The Bertz CT molecular complexity index is 1430. The van der Waals surface area contributed by atoms with Crippen molar-refractivity contribution in [3.8, 4) is 0 Å². The van der Waals surface area contributed by atoms with Gasteiger partial charge in [-0.3, -0.25) is 13.8 Å². The Balaban J connectivity index is 1.60. The maximum Gasteiger partial charge on any atom is 0.264 e. The topological polar surface area (TPSA) is 97.2 Å². The molecule has 32 heavy (non-hydrogen) atoms. The van der Waals surface area contributed by atoms with Crippen LogP contribution in [0, 0.1) is 13.8 Å². The fourth-order valence-corrected chi connectivity index (χ4v) is 4.67. The minimum atomic E-state index is -3.84. The van der Waals surface area contributed by atoms with Crippen LogP contribution in [0.4, 0.5) is 11.4 Å². The lowest BCUT2D eigenvalue weighted by Gasteiger charge is -2.20. The molecule has 2 aromatic carbocycles. The average molecular weight is 450 g/mol. The highest BCUT2D eigenvalue weighted by atomic mass is 32.2. The van der Waals surface area contributed by atoms with Crippen molar-refractivity contribution in [1.82, 2.24) is 14.8 Å². The molecule has 0 fully saturated rings. The van der Waals surface area contributed by atoms with E-state index in [4.69, 9.17) is 0 Å². The van der Waals surface area contributed by atoms with E-state index in [9.17, 15) is 13.2 Å². The second-order valence-electron chi connectivity index (χ2n) is 7.59. The van der Waals surface area contributed by atoms with Gasteiger partial charge in [-0.2, -0.15) is 5.10 Å². The number of fused-ring (bicyclic) bond motifs is 1. The van der Waals surface area contributed by atoms with Gasteiger partial charge in [-0.25, -0.2) is 13.4 Å². The Hall–Kier alpha value is -3.72.